The average molecular weight is 427 g/mol. The van der Waals surface area contributed by atoms with Gasteiger partial charge in [-0.1, -0.05) is 80.4 Å². The lowest BCUT2D eigenvalue weighted by Gasteiger charge is -2.23. The smallest absolute Gasteiger partial charge is 0.131 e. The molecule has 0 heterocycles. The van der Waals surface area contributed by atoms with Crippen LogP contribution in [0.15, 0.2) is 36.4 Å². The van der Waals surface area contributed by atoms with Crippen LogP contribution in [0.2, 0.25) is 0 Å². The second-order valence-corrected chi connectivity index (χ2v) is 12.7. The summed E-state index contributed by atoms with van der Waals surface area (Å²) in [5.41, 5.74) is 5.36. The molecule has 2 heteroatoms. The molecule has 166 valence electrons. The third kappa shape index (κ3) is 6.84. The van der Waals surface area contributed by atoms with Crippen LogP contribution in [0.25, 0.3) is 0 Å². The molecule has 0 saturated heterocycles. The van der Waals surface area contributed by atoms with E-state index in [1.165, 1.54) is 47.9 Å². The zero-order valence-corrected chi connectivity index (χ0v) is 21.6. The summed E-state index contributed by atoms with van der Waals surface area (Å²) in [6.07, 6.45) is 6.83. The van der Waals surface area contributed by atoms with Gasteiger partial charge < -0.3 is 4.57 Å². The molecule has 30 heavy (non-hydrogen) atoms. The molecule has 0 saturated carbocycles. The van der Waals surface area contributed by atoms with Crippen LogP contribution in [0.1, 0.15) is 103 Å². The first-order chi connectivity index (χ1) is 14.0. The van der Waals surface area contributed by atoms with E-state index in [0.29, 0.717) is 0 Å². The highest BCUT2D eigenvalue weighted by molar-refractivity contribution is 7.61. The van der Waals surface area contributed by atoms with Crippen LogP contribution in [0.4, 0.5) is 0 Å². The van der Waals surface area contributed by atoms with Crippen LogP contribution >= 0.6 is 7.80 Å². The highest BCUT2D eigenvalue weighted by Gasteiger charge is 2.20. The Morgan fingerprint density at radius 1 is 0.633 bits per heavy atom. The molecule has 1 nitrogen and oxygen atoms in total. The SMILES string of the molecule is CCCCc1cc([PH](=O)c2cc(CCCC)cc(C(C)(C)C)c2)cc(C(C)(C)C)c1. The van der Waals surface area contributed by atoms with Crippen molar-refractivity contribution >= 4 is 18.4 Å². The van der Waals surface area contributed by atoms with Gasteiger partial charge in [-0.3, -0.25) is 0 Å². The summed E-state index contributed by atoms with van der Waals surface area (Å²) in [5.74, 6) is 0. The molecule has 0 N–H and O–H groups in total. The van der Waals surface area contributed by atoms with Crippen molar-refractivity contribution in [1.29, 1.82) is 0 Å². The zero-order valence-electron chi connectivity index (χ0n) is 20.6. The van der Waals surface area contributed by atoms with E-state index >= 15 is 0 Å². The maximum absolute atomic E-state index is 13.8. The van der Waals surface area contributed by atoms with Gasteiger partial charge in [0, 0.05) is 10.6 Å². The van der Waals surface area contributed by atoms with Crippen LogP contribution in [0.3, 0.4) is 0 Å². The minimum atomic E-state index is -2.05. The molecule has 0 aliphatic heterocycles. The predicted octanol–water partition coefficient (Wildman–Crippen LogP) is 7.48. The van der Waals surface area contributed by atoms with Gasteiger partial charge in [-0.05, 0) is 83.0 Å². The normalized spacial score (nSPS) is 12.6. The van der Waals surface area contributed by atoms with E-state index in [-0.39, 0.29) is 10.8 Å². The van der Waals surface area contributed by atoms with Crippen molar-refractivity contribution in [2.24, 2.45) is 0 Å². The minimum Gasteiger partial charge on any atom is -0.317 e. The second kappa shape index (κ2) is 10.3. The Morgan fingerprint density at radius 2 is 1.00 bits per heavy atom. The summed E-state index contributed by atoms with van der Waals surface area (Å²) in [4.78, 5) is 0. The first kappa shape index (κ1) is 24.9. The number of benzene rings is 2. The van der Waals surface area contributed by atoms with Crippen LogP contribution in [-0.2, 0) is 28.2 Å². The number of aryl methyl sites for hydroxylation is 2. The van der Waals surface area contributed by atoms with Gasteiger partial charge in [-0.15, -0.1) is 0 Å². The van der Waals surface area contributed by atoms with Crippen molar-refractivity contribution in [3.05, 3.63) is 58.7 Å². The molecule has 2 aromatic carbocycles. The van der Waals surface area contributed by atoms with Crippen LogP contribution in [0.5, 0.6) is 0 Å². The Bertz CT molecular complexity index is 794. The maximum Gasteiger partial charge on any atom is 0.131 e. The lowest BCUT2D eigenvalue weighted by Crippen LogP contribution is -2.19. The van der Waals surface area contributed by atoms with Gasteiger partial charge in [0.1, 0.15) is 7.80 Å². The fourth-order valence-corrected chi connectivity index (χ4v) is 5.27. The number of unbranched alkanes of at least 4 members (excludes halogenated alkanes) is 2. The van der Waals surface area contributed by atoms with Gasteiger partial charge >= 0.3 is 0 Å². The van der Waals surface area contributed by atoms with Crippen molar-refractivity contribution in [3.63, 3.8) is 0 Å². The molecule has 2 aromatic rings. The molecule has 0 aromatic heterocycles. The minimum absolute atomic E-state index is 0.0542. The van der Waals surface area contributed by atoms with Gasteiger partial charge in [-0.2, -0.15) is 0 Å². The molecule has 0 unspecified atom stereocenters. The molecule has 0 fully saturated rings. The standard InChI is InChI=1S/C28H43OP/c1-9-11-13-21-15-23(27(3,4)5)19-25(17-21)30(29)26-18-22(14-12-10-2)16-24(20-26)28(6,7)8/h15-20,30H,9-14H2,1-8H3. The van der Waals surface area contributed by atoms with E-state index in [9.17, 15) is 4.57 Å². The molecule has 2 rings (SSSR count). The quantitative estimate of drug-likeness (QED) is 0.400. The van der Waals surface area contributed by atoms with Crippen molar-refractivity contribution in [3.8, 4) is 0 Å². The van der Waals surface area contributed by atoms with Gasteiger partial charge in [-0.25, -0.2) is 0 Å². The molecular formula is C28H43OP. The lowest BCUT2D eigenvalue weighted by atomic mass is 9.85. The van der Waals surface area contributed by atoms with Gasteiger partial charge in [0.2, 0.25) is 0 Å². The topological polar surface area (TPSA) is 17.1 Å². The molecule has 0 atom stereocenters. The maximum atomic E-state index is 13.8. The van der Waals surface area contributed by atoms with Crippen molar-refractivity contribution in [1.82, 2.24) is 0 Å². The third-order valence-electron chi connectivity index (χ3n) is 5.88. The number of hydrogen-bond acceptors (Lipinski definition) is 1. The Morgan fingerprint density at radius 3 is 1.30 bits per heavy atom. The second-order valence-electron chi connectivity index (χ2n) is 10.9. The summed E-state index contributed by atoms with van der Waals surface area (Å²) in [5, 5.41) is 2.04. The highest BCUT2D eigenvalue weighted by atomic mass is 31.1. The number of hydrogen-bond donors (Lipinski definition) is 0. The van der Waals surface area contributed by atoms with Crippen molar-refractivity contribution < 1.29 is 4.57 Å². The van der Waals surface area contributed by atoms with E-state index < -0.39 is 7.80 Å². The number of rotatable bonds is 8. The average Bonchev–Trinajstić information content (AvgIpc) is 2.68. The van der Waals surface area contributed by atoms with E-state index in [0.717, 1.165) is 23.5 Å². The Labute approximate surface area is 186 Å². The molecule has 0 aliphatic carbocycles. The van der Waals surface area contributed by atoms with Crippen LogP contribution in [0, 0.1) is 0 Å². The molecule has 0 radical (unpaired) electrons. The summed E-state index contributed by atoms with van der Waals surface area (Å²) in [6.45, 7) is 17.9. The van der Waals surface area contributed by atoms with Crippen LogP contribution < -0.4 is 10.6 Å². The largest absolute Gasteiger partial charge is 0.317 e. The zero-order chi connectivity index (χ0) is 22.5. The summed E-state index contributed by atoms with van der Waals surface area (Å²) in [6, 6.07) is 13.5. The fourth-order valence-electron chi connectivity index (χ4n) is 3.73. The molecule has 0 bridgehead atoms. The van der Waals surface area contributed by atoms with Gasteiger partial charge in [0.15, 0.2) is 0 Å². The van der Waals surface area contributed by atoms with E-state index in [1.807, 2.05) is 0 Å². The lowest BCUT2D eigenvalue weighted by molar-refractivity contribution is 0.588. The highest BCUT2D eigenvalue weighted by Crippen LogP contribution is 2.30. The van der Waals surface area contributed by atoms with Gasteiger partial charge in [0.05, 0.1) is 0 Å². The predicted molar refractivity (Wildman–Crippen MR) is 136 cm³/mol. The molecule has 0 aliphatic rings. The van der Waals surface area contributed by atoms with E-state index in [1.54, 1.807) is 0 Å². The van der Waals surface area contributed by atoms with Gasteiger partial charge in [0.25, 0.3) is 0 Å². The van der Waals surface area contributed by atoms with Crippen LogP contribution in [-0.4, -0.2) is 0 Å². The van der Waals surface area contributed by atoms with Crippen molar-refractivity contribution in [2.45, 2.75) is 105 Å². The fraction of sp³-hybridized carbons (Fsp3) is 0.571. The summed E-state index contributed by atoms with van der Waals surface area (Å²) < 4.78 is 13.8. The Kier molecular flexibility index (Phi) is 8.58. The summed E-state index contributed by atoms with van der Waals surface area (Å²) >= 11 is 0. The Balaban J connectivity index is 2.55. The first-order valence-corrected chi connectivity index (χ1v) is 13.2. The first-order valence-electron chi connectivity index (χ1n) is 11.8. The summed E-state index contributed by atoms with van der Waals surface area (Å²) in [7, 11) is -2.05. The van der Waals surface area contributed by atoms with Crippen molar-refractivity contribution in [2.75, 3.05) is 0 Å². The Hall–Kier alpha value is -1.33. The molecule has 0 amide bonds. The van der Waals surface area contributed by atoms with E-state index in [4.69, 9.17) is 0 Å². The van der Waals surface area contributed by atoms with E-state index in [2.05, 4.69) is 91.8 Å². The molecular weight excluding hydrogens is 383 g/mol. The monoisotopic (exact) mass is 426 g/mol. The third-order valence-corrected chi connectivity index (χ3v) is 7.51. The molecule has 0 spiro atoms.